The number of alkyl halides is 3. The summed E-state index contributed by atoms with van der Waals surface area (Å²) in [5.41, 5.74) is 1.20. The van der Waals surface area contributed by atoms with Crippen LogP contribution in [0, 0.1) is 5.82 Å². The van der Waals surface area contributed by atoms with Crippen LogP contribution in [0.1, 0.15) is 60.3 Å². The van der Waals surface area contributed by atoms with Crippen molar-refractivity contribution in [3.05, 3.63) is 64.5 Å². The molecule has 1 saturated carbocycles. The van der Waals surface area contributed by atoms with Gasteiger partial charge in [0.05, 0.1) is 12.2 Å². The number of nitrogens with zero attached hydrogens (tertiary/aromatic N) is 1. The van der Waals surface area contributed by atoms with Crippen LogP contribution in [0.25, 0.3) is 0 Å². The van der Waals surface area contributed by atoms with Gasteiger partial charge in [-0.1, -0.05) is 18.2 Å². The molecule has 5 rings (SSSR count). The van der Waals surface area contributed by atoms with E-state index in [-0.39, 0.29) is 24.3 Å². The molecule has 1 N–H and O–H groups in total. The average Bonchev–Trinajstić information content (AvgIpc) is 3.06. The van der Waals surface area contributed by atoms with Crippen molar-refractivity contribution in [3.63, 3.8) is 0 Å². The molecule has 0 amide bonds. The van der Waals surface area contributed by atoms with Crippen LogP contribution < -0.4 is 9.46 Å². The third-order valence-electron chi connectivity index (χ3n) is 8.03. The van der Waals surface area contributed by atoms with E-state index < -0.39 is 34.0 Å². The van der Waals surface area contributed by atoms with E-state index in [9.17, 15) is 26.0 Å². The molecule has 2 atom stereocenters. The van der Waals surface area contributed by atoms with Crippen molar-refractivity contribution in [2.75, 3.05) is 19.7 Å². The second-order valence-corrected chi connectivity index (χ2v) is 11.0. The zero-order chi connectivity index (χ0) is 25.5. The van der Waals surface area contributed by atoms with E-state index in [4.69, 9.17) is 4.74 Å². The first-order valence-corrected chi connectivity index (χ1v) is 13.6. The summed E-state index contributed by atoms with van der Waals surface area (Å²) in [6, 6.07) is 8.74. The molecule has 0 radical (unpaired) electrons. The fraction of sp³-hybridized carbons (Fsp3) is 0.538. The predicted octanol–water partition coefficient (Wildman–Crippen LogP) is 4.61. The van der Waals surface area contributed by atoms with Gasteiger partial charge in [-0.15, -0.1) is 0 Å². The van der Waals surface area contributed by atoms with Crippen LogP contribution in [-0.2, 0) is 29.9 Å². The second-order valence-electron chi connectivity index (χ2n) is 10.3. The molecule has 36 heavy (non-hydrogen) atoms. The Hall–Kier alpha value is -2.17. The van der Waals surface area contributed by atoms with Crippen LogP contribution in [0.2, 0.25) is 0 Å². The molecule has 2 fully saturated rings. The molecule has 1 aliphatic heterocycles. The number of halogens is 4. The standard InChI is InChI=1S/C26H30F4N2O3S/c27-22-14-18-15-23(32-9-3-10-32)21(13-17-4-1-5-19(12-17)26(28,29)30)20(18)16-24(22)35-11-8-25(6-2-7-25)31-36(33)34/h1,4-5,12,14,16,21,23,36H,2-3,6-11,13,15H2,(H,31,33,34). The van der Waals surface area contributed by atoms with E-state index in [0.717, 1.165) is 56.0 Å². The van der Waals surface area contributed by atoms with E-state index in [2.05, 4.69) is 9.62 Å². The molecule has 2 unspecified atom stereocenters. The first kappa shape index (κ1) is 25.5. The summed E-state index contributed by atoms with van der Waals surface area (Å²) in [5.74, 6) is -0.440. The van der Waals surface area contributed by atoms with Crippen molar-refractivity contribution >= 4 is 10.9 Å². The highest BCUT2D eigenvalue weighted by molar-refractivity contribution is 7.70. The molecule has 3 aliphatic rings. The normalized spacial score (nSPS) is 23.2. The lowest BCUT2D eigenvalue weighted by atomic mass is 9.75. The Morgan fingerprint density at radius 1 is 1.11 bits per heavy atom. The van der Waals surface area contributed by atoms with Gasteiger partial charge in [0.1, 0.15) is 0 Å². The number of fused-ring (bicyclic) bond motifs is 1. The summed E-state index contributed by atoms with van der Waals surface area (Å²) < 4.78 is 85.5. The summed E-state index contributed by atoms with van der Waals surface area (Å²) in [7, 11) is -2.73. The molecule has 0 bridgehead atoms. The van der Waals surface area contributed by atoms with E-state index >= 15 is 0 Å². The van der Waals surface area contributed by atoms with Gasteiger partial charge in [0.25, 0.3) is 0 Å². The molecule has 0 aromatic heterocycles. The fourth-order valence-corrected chi connectivity index (χ4v) is 6.54. The molecular weight excluding hydrogens is 496 g/mol. The fourth-order valence-electron chi connectivity index (χ4n) is 5.82. The largest absolute Gasteiger partial charge is 0.490 e. The Bertz CT molecular complexity index is 1180. The predicted molar refractivity (Wildman–Crippen MR) is 128 cm³/mol. The van der Waals surface area contributed by atoms with Crippen LogP contribution in [-0.4, -0.2) is 44.6 Å². The number of nitrogens with one attached hydrogen (secondary N) is 1. The number of ether oxygens (including phenoxy) is 1. The Morgan fingerprint density at radius 2 is 1.89 bits per heavy atom. The third kappa shape index (κ3) is 5.26. The lowest BCUT2D eigenvalue weighted by Crippen LogP contribution is -2.51. The molecule has 1 heterocycles. The second kappa shape index (κ2) is 9.95. The van der Waals surface area contributed by atoms with Crippen molar-refractivity contribution in [2.45, 2.75) is 68.6 Å². The maximum atomic E-state index is 15.0. The molecule has 10 heteroatoms. The SMILES string of the molecule is O=[SH](=O)NC1(CCOc2cc3c(cc2F)CC(N2CCC2)C3Cc2cccc(C(F)(F)F)c2)CCC1. The zero-order valence-electron chi connectivity index (χ0n) is 19.8. The number of likely N-dealkylation sites (tertiary alicyclic amines) is 1. The highest BCUT2D eigenvalue weighted by Crippen LogP contribution is 2.43. The topological polar surface area (TPSA) is 58.6 Å². The van der Waals surface area contributed by atoms with Gasteiger partial charge in [0.15, 0.2) is 11.6 Å². The smallest absolute Gasteiger partial charge is 0.416 e. The van der Waals surface area contributed by atoms with E-state index in [0.29, 0.717) is 24.8 Å². The summed E-state index contributed by atoms with van der Waals surface area (Å²) in [5, 5.41) is 0. The van der Waals surface area contributed by atoms with E-state index in [1.165, 1.54) is 18.2 Å². The van der Waals surface area contributed by atoms with Gasteiger partial charge in [-0.2, -0.15) is 13.2 Å². The minimum absolute atomic E-state index is 0.0733. The van der Waals surface area contributed by atoms with Crippen LogP contribution in [0.15, 0.2) is 36.4 Å². The van der Waals surface area contributed by atoms with Crippen LogP contribution in [0.3, 0.4) is 0 Å². The molecule has 2 aromatic carbocycles. The van der Waals surface area contributed by atoms with Gasteiger partial charge in [0, 0.05) is 23.9 Å². The minimum Gasteiger partial charge on any atom is -0.490 e. The zero-order valence-corrected chi connectivity index (χ0v) is 20.7. The maximum absolute atomic E-state index is 15.0. The molecule has 5 nitrogen and oxygen atoms in total. The van der Waals surface area contributed by atoms with E-state index in [1.54, 1.807) is 12.1 Å². The van der Waals surface area contributed by atoms with Crippen LogP contribution in [0.5, 0.6) is 5.75 Å². The molecule has 0 spiro atoms. The lowest BCUT2D eigenvalue weighted by Gasteiger charge is -2.40. The number of hydrogen-bond acceptors (Lipinski definition) is 4. The van der Waals surface area contributed by atoms with Gasteiger partial charge < -0.3 is 4.74 Å². The average molecular weight is 527 g/mol. The summed E-state index contributed by atoms with van der Waals surface area (Å²) >= 11 is 0. The molecule has 1 saturated heterocycles. The number of benzene rings is 2. The maximum Gasteiger partial charge on any atom is 0.416 e. The summed E-state index contributed by atoms with van der Waals surface area (Å²) in [6.45, 7) is 2.03. The molecule has 2 aliphatic carbocycles. The number of rotatable bonds is 9. The molecular formula is C26H30F4N2O3S. The van der Waals surface area contributed by atoms with Crippen molar-refractivity contribution < 1.29 is 30.7 Å². The van der Waals surface area contributed by atoms with Crippen molar-refractivity contribution in [1.29, 1.82) is 0 Å². The van der Waals surface area contributed by atoms with Gasteiger partial charge in [0.2, 0.25) is 10.9 Å². The van der Waals surface area contributed by atoms with Gasteiger partial charge in [-0.3, -0.25) is 4.90 Å². The minimum atomic E-state index is -4.41. The quantitative estimate of drug-likeness (QED) is 0.370. The monoisotopic (exact) mass is 526 g/mol. The van der Waals surface area contributed by atoms with Gasteiger partial charge >= 0.3 is 6.18 Å². The number of hydrogen-bond donors (Lipinski definition) is 2. The van der Waals surface area contributed by atoms with Gasteiger partial charge in [-0.05, 0) is 86.5 Å². The van der Waals surface area contributed by atoms with Crippen molar-refractivity contribution in [2.24, 2.45) is 0 Å². The highest BCUT2D eigenvalue weighted by Gasteiger charge is 2.40. The first-order valence-electron chi connectivity index (χ1n) is 12.4. The Kier molecular flexibility index (Phi) is 7.04. The Labute approximate surface area is 209 Å². The van der Waals surface area contributed by atoms with Gasteiger partial charge in [-0.25, -0.2) is 17.5 Å². The Morgan fingerprint density at radius 3 is 2.50 bits per heavy atom. The van der Waals surface area contributed by atoms with Crippen molar-refractivity contribution in [1.82, 2.24) is 9.62 Å². The Balaban J connectivity index is 1.36. The molecule has 196 valence electrons. The van der Waals surface area contributed by atoms with Crippen LogP contribution >= 0.6 is 0 Å². The van der Waals surface area contributed by atoms with Crippen LogP contribution in [0.4, 0.5) is 17.6 Å². The van der Waals surface area contributed by atoms with E-state index in [1.807, 2.05) is 0 Å². The highest BCUT2D eigenvalue weighted by atomic mass is 32.2. The summed E-state index contributed by atoms with van der Waals surface area (Å²) in [4.78, 5) is 2.33. The lowest BCUT2D eigenvalue weighted by molar-refractivity contribution is -0.137. The summed E-state index contributed by atoms with van der Waals surface area (Å²) in [6.07, 6.45) is 0.570. The van der Waals surface area contributed by atoms with Crippen molar-refractivity contribution in [3.8, 4) is 5.75 Å². The first-order chi connectivity index (χ1) is 17.1. The number of thiol groups is 1. The molecule has 2 aromatic rings. The third-order valence-corrected chi connectivity index (χ3v) is 8.69.